The van der Waals surface area contributed by atoms with Crippen LogP contribution in [0.1, 0.15) is 111 Å². The van der Waals surface area contributed by atoms with Crippen LogP contribution in [-0.4, -0.2) is 71.3 Å². The summed E-state index contributed by atoms with van der Waals surface area (Å²) < 4.78 is 6.28. The molecule has 256 valence electrons. The molecule has 0 radical (unpaired) electrons. The summed E-state index contributed by atoms with van der Waals surface area (Å²) >= 11 is 7.62. The van der Waals surface area contributed by atoms with E-state index in [0.717, 1.165) is 50.1 Å². The number of benzene rings is 1. The van der Waals surface area contributed by atoms with Crippen LogP contribution < -0.4 is 15.0 Å². The van der Waals surface area contributed by atoms with Crippen LogP contribution in [0.15, 0.2) is 29.4 Å². The standard InChI is InChI=1S/C36H56ClN5O3S/c1-9-12-15-33(44)42-20-19-41(24-26(42)4)31-23-30(37)39-34(40-31)46-25-32(43)38-18-13-14-21-45-29-17-16-27(35(5,6)10-2)22-28(29)36(7,8)11-3/h16-17,22-23,26H,9-15,18-21,24-25H2,1-8H3,(H,38,43). The zero-order chi connectivity index (χ0) is 33.9. The highest BCUT2D eigenvalue weighted by Crippen LogP contribution is 2.38. The van der Waals surface area contributed by atoms with E-state index in [1.165, 1.54) is 22.9 Å². The molecule has 46 heavy (non-hydrogen) atoms. The first kappa shape index (κ1) is 37.9. The fourth-order valence-corrected chi connectivity index (χ4v) is 6.35. The van der Waals surface area contributed by atoms with Crippen molar-refractivity contribution in [3.63, 3.8) is 0 Å². The van der Waals surface area contributed by atoms with Gasteiger partial charge in [0.1, 0.15) is 16.7 Å². The predicted octanol–water partition coefficient (Wildman–Crippen LogP) is 7.80. The Hall–Kier alpha value is -2.52. The van der Waals surface area contributed by atoms with Crippen LogP contribution in [0.4, 0.5) is 5.82 Å². The third kappa shape index (κ3) is 10.8. The van der Waals surface area contributed by atoms with E-state index < -0.39 is 0 Å². The Morgan fingerprint density at radius 2 is 1.76 bits per heavy atom. The minimum atomic E-state index is -0.0648. The molecule has 1 fully saturated rings. The molecule has 2 aromatic rings. The van der Waals surface area contributed by atoms with Crippen molar-refractivity contribution in [2.45, 2.75) is 122 Å². The van der Waals surface area contributed by atoms with Gasteiger partial charge in [-0.15, -0.1) is 0 Å². The molecule has 0 saturated carbocycles. The summed E-state index contributed by atoms with van der Waals surface area (Å²) in [6.07, 6.45) is 6.31. The summed E-state index contributed by atoms with van der Waals surface area (Å²) in [4.78, 5) is 38.3. The first-order valence-electron chi connectivity index (χ1n) is 17.1. The van der Waals surface area contributed by atoms with Gasteiger partial charge < -0.3 is 19.9 Å². The van der Waals surface area contributed by atoms with Gasteiger partial charge in [0.2, 0.25) is 11.8 Å². The van der Waals surface area contributed by atoms with Gasteiger partial charge in [0.25, 0.3) is 0 Å². The Labute approximate surface area is 286 Å². The topological polar surface area (TPSA) is 87.7 Å². The summed E-state index contributed by atoms with van der Waals surface area (Å²) in [7, 11) is 0. The molecule has 1 aromatic carbocycles. The third-order valence-corrected chi connectivity index (χ3v) is 10.5. The molecular formula is C36H56ClN5O3S. The number of anilines is 1. The highest BCUT2D eigenvalue weighted by Gasteiger charge is 2.29. The van der Waals surface area contributed by atoms with Crippen molar-refractivity contribution in [3.05, 3.63) is 40.5 Å². The number of rotatable bonds is 17. The number of piperazine rings is 1. The second-order valence-electron chi connectivity index (χ2n) is 13.7. The molecule has 1 aromatic heterocycles. The number of unbranched alkanes of at least 4 members (excludes halogenated alkanes) is 2. The highest BCUT2D eigenvalue weighted by atomic mass is 35.5. The first-order chi connectivity index (χ1) is 21.8. The van der Waals surface area contributed by atoms with Crippen molar-refractivity contribution in [1.82, 2.24) is 20.2 Å². The maximum atomic E-state index is 12.6. The Bertz CT molecular complexity index is 1300. The minimum absolute atomic E-state index is 0.0238. The second kappa shape index (κ2) is 17.6. The summed E-state index contributed by atoms with van der Waals surface area (Å²) in [5.41, 5.74) is 2.76. The smallest absolute Gasteiger partial charge is 0.230 e. The van der Waals surface area contributed by atoms with E-state index in [0.29, 0.717) is 49.5 Å². The number of hydrogen-bond acceptors (Lipinski definition) is 7. The lowest BCUT2D eigenvalue weighted by Gasteiger charge is -2.40. The van der Waals surface area contributed by atoms with Crippen molar-refractivity contribution < 1.29 is 14.3 Å². The quantitative estimate of drug-likeness (QED) is 0.0794. The fraction of sp³-hybridized carbons (Fsp3) is 0.667. The van der Waals surface area contributed by atoms with Crippen molar-refractivity contribution in [1.29, 1.82) is 0 Å². The minimum Gasteiger partial charge on any atom is -0.493 e. The molecule has 8 nitrogen and oxygen atoms in total. The van der Waals surface area contributed by atoms with Crippen LogP contribution in [-0.2, 0) is 20.4 Å². The maximum Gasteiger partial charge on any atom is 0.230 e. The summed E-state index contributed by atoms with van der Waals surface area (Å²) in [6, 6.07) is 8.52. The molecule has 0 aliphatic carbocycles. The lowest BCUT2D eigenvalue weighted by molar-refractivity contribution is -0.133. The van der Waals surface area contributed by atoms with Crippen molar-refractivity contribution in [2.24, 2.45) is 0 Å². The van der Waals surface area contributed by atoms with Gasteiger partial charge in [-0.3, -0.25) is 9.59 Å². The predicted molar refractivity (Wildman–Crippen MR) is 191 cm³/mol. The normalized spacial score (nSPS) is 15.6. The van der Waals surface area contributed by atoms with E-state index in [-0.39, 0.29) is 34.4 Å². The van der Waals surface area contributed by atoms with E-state index in [1.54, 1.807) is 6.07 Å². The largest absolute Gasteiger partial charge is 0.493 e. The van der Waals surface area contributed by atoms with Crippen LogP contribution in [0.25, 0.3) is 0 Å². The lowest BCUT2D eigenvalue weighted by atomic mass is 9.76. The first-order valence-corrected chi connectivity index (χ1v) is 18.4. The monoisotopic (exact) mass is 673 g/mol. The zero-order valence-electron chi connectivity index (χ0n) is 29.4. The lowest BCUT2D eigenvalue weighted by Crippen LogP contribution is -2.54. The van der Waals surface area contributed by atoms with E-state index in [2.05, 4.69) is 93.8 Å². The van der Waals surface area contributed by atoms with Crippen LogP contribution in [0.2, 0.25) is 5.15 Å². The Balaban J connectivity index is 1.44. The van der Waals surface area contributed by atoms with Gasteiger partial charge in [0, 0.05) is 50.3 Å². The van der Waals surface area contributed by atoms with E-state index in [9.17, 15) is 9.59 Å². The highest BCUT2D eigenvalue weighted by molar-refractivity contribution is 7.99. The number of nitrogens with zero attached hydrogens (tertiary/aromatic N) is 4. The van der Waals surface area contributed by atoms with Gasteiger partial charge in [0.15, 0.2) is 5.16 Å². The Morgan fingerprint density at radius 1 is 1.02 bits per heavy atom. The molecule has 1 aliphatic heterocycles. The van der Waals surface area contributed by atoms with Gasteiger partial charge in [-0.05, 0) is 61.5 Å². The number of amides is 2. The van der Waals surface area contributed by atoms with Gasteiger partial charge in [-0.2, -0.15) is 0 Å². The molecule has 1 unspecified atom stereocenters. The molecule has 1 atom stereocenters. The Kier molecular flexibility index (Phi) is 14.5. The molecule has 2 heterocycles. The fourth-order valence-electron chi connectivity index (χ4n) is 5.44. The number of aromatic nitrogens is 2. The molecule has 0 spiro atoms. The second-order valence-corrected chi connectivity index (χ2v) is 15.0. The van der Waals surface area contributed by atoms with Crippen LogP contribution in [0.3, 0.4) is 0 Å². The van der Waals surface area contributed by atoms with Gasteiger partial charge in [0.05, 0.1) is 12.4 Å². The van der Waals surface area contributed by atoms with Crippen molar-refractivity contribution >= 4 is 41.0 Å². The van der Waals surface area contributed by atoms with Crippen LogP contribution in [0.5, 0.6) is 5.75 Å². The molecule has 1 aliphatic rings. The number of carbonyl (C=O) groups is 2. The number of nitrogens with one attached hydrogen (secondary N) is 1. The molecule has 0 bridgehead atoms. The number of halogens is 1. The van der Waals surface area contributed by atoms with Gasteiger partial charge in [-0.25, -0.2) is 9.97 Å². The van der Waals surface area contributed by atoms with Crippen LogP contribution in [0, 0.1) is 0 Å². The zero-order valence-corrected chi connectivity index (χ0v) is 31.0. The summed E-state index contributed by atoms with van der Waals surface area (Å²) in [5.74, 6) is 2.05. The van der Waals surface area contributed by atoms with E-state index in [1.807, 2.05) is 4.90 Å². The average molecular weight is 674 g/mol. The molecule has 1 saturated heterocycles. The molecule has 1 N–H and O–H groups in total. The number of carbonyl (C=O) groups excluding carboxylic acids is 2. The number of thioether (sulfide) groups is 1. The molecule has 10 heteroatoms. The van der Waals surface area contributed by atoms with E-state index >= 15 is 0 Å². The number of hydrogen-bond donors (Lipinski definition) is 1. The molecule has 3 rings (SSSR count). The van der Waals surface area contributed by atoms with Crippen molar-refractivity contribution in [3.8, 4) is 5.75 Å². The van der Waals surface area contributed by atoms with Crippen molar-refractivity contribution in [2.75, 3.05) is 43.4 Å². The van der Waals surface area contributed by atoms with Gasteiger partial charge in [-0.1, -0.05) is 90.4 Å². The third-order valence-electron chi connectivity index (χ3n) is 9.42. The van der Waals surface area contributed by atoms with Gasteiger partial charge >= 0.3 is 0 Å². The summed E-state index contributed by atoms with van der Waals surface area (Å²) in [5, 5.41) is 3.82. The van der Waals surface area contributed by atoms with Crippen LogP contribution >= 0.6 is 23.4 Å². The molecular weight excluding hydrogens is 618 g/mol. The summed E-state index contributed by atoms with van der Waals surface area (Å²) in [6.45, 7) is 21.0. The average Bonchev–Trinajstić information content (AvgIpc) is 3.03. The Morgan fingerprint density at radius 3 is 2.43 bits per heavy atom. The SMILES string of the molecule is CCCCC(=O)N1CCN(c2cc(Cl)nc(SCC(=O)NCCCCOc3ccc(C(C)(C)CC)cc3C(C)(C)CC)n2)CC1C. The maximum absolute atomic E-state index is 12.6. The molecule has 2 amide bonds. The number of ether oxygens (including phenoxy) is 1. The van der Waals surface area contributed by atoms with E-state index in [4.69, 9.17) is 16.3 Å².